The lowest BCUT2D eigenvalue weighted by molar-refractivity contribution is 0.635. The van der Waals surface area contributed by atoms with E-state index < -0.39 is 0 Å². The molecule has 7 heteroatoms. The minimum Gasteiger partial charge on any atom is -0.352 e. The Morgan fingerprint density at radius 1 is 0.778 bits per heavy atom. The summed E-state index contributed by atoms with van der Waals surface area (Å²) in [6, 6.07) is 12.1. The molecule has 4 aromatic rings. The minimum absolute atomic E-state index is 0.897. The lowest BCUT2D eigenvalue weighted by Crippen LogP contribution is -2.47. The molecule has 0 atom stereocenters. The van der Waals surface area contributed by atoms with Gasteiger partial charge in [-0.05, 0) is 38.1 Å². The number of rotatable bonds is 2. The summed E-state index contributed by atoms with van der Waals surface area (Å²) in [4.78, 5) is 18.5. The van der Waals surface area contributed by atoms with Crippen molar-refractivity contribution in [3.05, 3.63) is 54.0 Å². The van der Waals surface area contributed by atoms with Crippen LogP contribution < -0.4 is 9.80 Å². The number of piperazine rings is 1. The summed E-state index contributed by atoms with van der Waals surface area (Å²) in [5.41, 5.74) is 4.90. The number of nitrogens with zero attached hydrogens (tertiary/aromatic N) is 7. The van der Waals surface area contributed by atoms with Crippen LogP contribution in [0.15, 0.2) is 42.6 Å². The van der Waals surface area contributed by atoms with E-state index in [-0.39, 0.29) is 0 Å². The summed E-state index contributed by atoms with van der Waals surface area (Å²) in [5.74, 6) is 1.94. The van der Waals surface area contributed by atoms with Crippen molar-refractivity contribution < 1.29 is 0 Å². The molecule has 1 aliphatic heterocycles. The van der Waals surface area contributed by atoms with Crippen LogP contribution >= 0.6 is 0 Å². The lowest BCUT2D eigenvalue weighted by Gasteiger charge is -2.35. The average molecular weight is 359 g/mol. The van der Waals surface area contributed by atoms with Gasteiger partial charge in [-0.1, -0.05) is 12.1 Å². The second kappa shape index (κ2) is 6.19. The first-order valence-corrected chi connectivity index (χ1v) is 9.24. The number of hydrogen-bond acceptors (Lipinski definition) is 6. The summed E-state index contributed by atoms with van der Waals surface area (Å²) < 4.78 is 1.94. The highest BCUT2D eigenvalue weighted by Gasteiger charge is 2.20. The third kappa shape index (κ3) is 2.75. The molecule has 27 heavy (non-hydrogen) atoms. The van der Waals surface area contributed by atoms with Crippen LogP contribution in [0.2, 0.25) is 0 Å². The van der Waals surface area contributed by atoms with E-state index in [9.17, 15) is 0 Å². The summed E-state index contributed by atoms with van der Waals surface area (Å²) in [6.45, 7) is 7.68. The van der Waals surface area contributed by atoms with Gasteiger partial charge in [-0.15, -0.1) is 5.10 Å². The van der Waals surface area contributed by atoms with Crippen molar-refractivity contribution in [2.75, 3.05) is 36.0 Å². The second-order valence-corrected chi connectivity index (χ2v) is 6.94. The van der Waals surface area contributed by atoms with Crippen molar-refractivity contribution in [1.82, 2.24) is 24.6 Å². The van der Waals surface area contributed by atoms with Crippen LogP contribution in [0.4, 0.5) is 11.6 Å². The zero-order valence-electron chi connectivity index (χ0n) is 15.5. The highest BCUT2D eigenvalue weighted by molar-refractivity contribution is 5.75. The fourth-order valence-electron chi connectivity index (χ4n) is 3.58. The summed E-state index contributed by atoms with van der Waals surface area (Å²) in [7, 11) is 0. The fourth-order valence-corrected chi connectivity index (χ4v) is 3.58. The van der Waals surface area contributed by atoms with Crippen molar-refractivity contribution in [2.45, 2.75) is 13.8 Å². The smallest absolute Gasteiger partial charge is 0.154 e. The van der Waals surface area contributed by atoms with Gasteiger partial charge in [0.2, 0.25) is 0 Å². The number of fused-ring (bicyclic) bond motifs is 2. The van der Waals surface area contributed by atoms with Crippen LogP contribution in [-0.2, 0) is 0 Å². The largest absolute Gasteiger partial charge is 0.352 e. The van der Waals surface area contributed by atoms with Gasteiger partial charge in [-0.3, -0.25) is 4.98 Å². The molecular formula is C20H21N7. The van der Waals surface area contributed by atoms with Crippen LogP contribution in [0.1, 0.15) is 11.4 Å². The average Bonchev–Trinajstić information content (AvgIpc) is 3.01. The van der Waals surface area contributed by atoms with Crippen LogP contribution in [0.3, 0.4) is 0 Å². The third-order valence-corrected chi connectivity index (χ3v) is 5.29. The topological polar surface area (TPSA) is 62.5 Å². The van der Waals surface area contributed by atoms with Gasteiger partial charge in [-0.2, -0.15) is 0 Å². The Kier molecular flexibility index (Phi) is 3.67. The first-order chi connectivity index (χ1) is 13.2. The Morgan fingerprint density at radius 2 is 1.48 bits per heavy atom. The van der Waals surface area contributed by atoms with Crippen LogP contribution in [0.25, 0.3) is 16.7 Å². The molecule has 136 valence electrons. The quantitative estimate of drug-likeness (QED) is 0.548. The fraction of sp³-hybridized carbons (Fsp3) is 0.300. The maximum atomic E-state index is 4.79. The molecule has 0 N–H and O–H groups in total. The molecule has 0 spiro atoms. The van der Waals surface area contributed by atoms with Crippen LogP contribution in [0.5, 0.6) is 0 Å². The molecule has 5 rings (SSSR count). The van der Waals surface area contributed by atoms with E-state index in [4.69, 9.17) is 10.1 Å². The molecule has 1 aromatic carbocycles. The van der Waals surface area contributed by atoms with Gasteiger partial charge in [0.05, 0.1) is 28.6 Å². The first-order valence-electron chi connectivity index (χ1n) is 9.24. The minimum atomic E-state index is 0.897. The number of hydrogen-bond donors (Lipinski definition) is 0. The highest BCUT2D eigenvalue weighted by Crippen LogP contribution is 2.20. The maximum Gasteiger partial charge on any atom is 0.154 e. The van der Waals surface area contributed by atoms with Crippen molar-refractivity contribution >= 4 is 28.3 Å². The van der Waals surface area contributed by atoms with E-state index >= 15 is 0 Å². The molecule has 0 radical (unpaired) electrons. The molecule has 4 heterocycles. The normalized spacial score (nSPS) is 15.0. The van der Waals surface area contributed by atoms with E-state index in [1.54, 1.807) is 0 Å². The van der Waals surface area contributed by atoms with E-state index in [1.807, 2.05) is 48.0 Å². The molecule has 0 aliphatic carbocycles. The Balaban J connectivity index is 1.35. The number of aryl methyl sites for hydroxylation is 2. The number of benzene rings is 1. The Morgan fingerprint density at radius 3 is 2.26 bits per heavy atom. The Labute approximate surface area is 157 Å². The summed E-state index contributed by atoms with van der Waals surface area (Å²) in [6.07, 6.45) is 1.87. The maximum absolute atomic E-state index is 4.79. The standard InChI is InChI=1S/C20H21N7/c1-14-15(2)27-18(22-14)7-8-19(24-27)25-9-11-26(12-10-25)20-13-21-16-5-3-4-6-17(16)23-20/h3-8,13H,9-12H2,1-2H3. The lowest BCUT2D eigenvalue weighted by atomic mass is 10.3. The molecular weight excluding hydrogens is 338 g/mol. The molecule has 1 fully saturated rings. The first kappa shape index (κ1) is 16.0. The van der Waals surface area contributed by atoms with Crippen molar-refractivity contribution in [3.8, 4) is 0 Å². The van der Waals surface area contributed by atoms with Gasteiger partial charge in [0.15, 0.2) is 5.65 Å². The van der Waals surface area contributed by atoms with Crippen molar-refractivity contribution in [1.29, 1.82) is 0 Å². The van der Waals surface area contributed by atoms with Gasteiger partial charge in [-0.25, -0.2) is 14.5 Å². The Hall–Kier alpha value is -3.22. The number of para-hydroxylation sites is 2. The van der Waals surface area contributed by atoms with Crippen LogP contribution in [-0.4, -0.2) is 50.7 Å². The predicted octanol–water partition coefficient (Wildman–Crippen LogP) is 2.62. The van der Waals surface area contributed by atoms with E-state index in [2.05, 4.69) is 32.8 Å². The van der Waals surface area contributed by atoms with Gasteiger partial charge < -0.3 is 9.80 Å². The van der Waals surface area contributed by atoms with Gasteiger partial charge in [0.1, 0.15) is 11.6 Å². The number of aromatic nitrogens is 5. The predicted molar refractivity (Wildman–Crippen MR) is 106 cm³/mol. The molecule has 0 amide bonds. The van der Waals surface area contributed by atoms with Crippen molar-refractivity contribution in [2.24, 2.45) is 0 Å². The van der Waals surface area contributed by atoms with Gasteiger partial charge >= 0.3 is 0 Å². The molecule has 0 bridgehead atoms. The molecule has 3 aromatic heterocycles. The molecule has 1 aliphatic rings. The molecule has 0 saturated carbocycles. The zero-order valence-corrected chi connectivity index (χ0v) is 15.5. The van der Waals surface area contributed by atoms with Crippen molar-refractivity contribution in [3.63, 3.8) is 0 Å². The molecule has 0 unspecified atom stereocenters. The zero-order chi connectivity index (χ0) is 18.4. The number of anilines is 2. The monoisotopic (exact) mass is 359 g/mol. The van der Waals surface area contributed by atoms with Gasteiger partial charge in [0, 0.05) is 26.2 Å². The van der Waals surface area contributed by atoms with E-state index in [0.717, 1.165) is 65.9 Å². The number of imidazole rings is 1. The summed E-state index contributed by atoms with van der Waals surface area (Å²) in [5, 5.41) is 4.79. The SMILES string of the molecule is Cc1nc2ccc(N3CCN(c4cnc5ccccc5n4)CC3)nn2c1C. The van der Waals surface area contributed by atoms with E-state index in [0.29, 0.717) is 0 Å². The van der Waals surface area contributed by atoms with Gasteiger partial charge in [0.25, 0.3) is 0 Å². The Bertz CT molecular complexity index is 1130. The third-order valence-electron chi connectivity index (χ3n) is 5.29. The molecule has 1 saturated heterocycles. The highest BCUT2D eigenvalue weighted by atomic mass is 15.4. The van der Waals surface area contributed by atoms with Crippen LogP contribution in [0, 0.1) is 13.8 Å². The second-order valence-electron chi connectivity index (χ2n) is 6.94. The summed E-state index contributed by atoms with van der Waals surface area (Å²) >= 11 is 0. The molecule has 7 nitrogen and oxygen atoms in total. The van der Waals surface area contributed by atoms with E-state index in [1.165, 1.54) is 0 Å².